The highest BCUT2D eigenvalue weighted by Gasteiger charge is 2.28. The Labute approximate surface area is 160 Å². The number of ether oxygens (including phenoxy) is 1. The maximum absolute atomic E-state index is 12.6. The van der Waals surface area contributed by atoms with Gasteiger partial charge in [0.05, 0.1) is 7.11 Å². The van der Waals surface area contributed by atoms with Crippen LogP contribution in [-0.2, 0) is 17.8 Å². The Morgan fingerprint density at radius 1 is 1.07 bits per heavy atom. The van der Waals surface area contributed by atoms with Gasteiger partial charge in [0.25, 0.3) is 0 Å². The van der Waals surface area contributed by atoms with Crippen molar-refractivity contribution in [2.24, 2.45) is 5.92 Å². The van der Waals surface area contributed by atoms with Crippen LogP contribution >= 0.6 is 0 Å². The number of benzene rings is 2. The molecule has 2 aromatic carbocycles. The molecule has 1 unspecified atom stereocenters. The summed E-state index contributed by atoms with van der Waals surface area (Å²) in [7, 11) is 1.63. The number of carbonyl (C=O) groups is 2. The van der Waals surface area contributed by atoms with E-state index in [9.17, 15) is 9.59 Å². The Hall–Kier alpha value is -2.82. The Morgan fingerprint density at radius 2 is 1.81 bits per heavy atom. The van der Waals surface area contributed by atoms with Crippen LogP contribution in [0.2, 0.25) is 0 Å². The number of methoxy groups -OCH3 is 1. The molecule has 0 bridgehead atoms. The number of carbonyl (C=O) groups excluding carboxylic acids is 2. The summed E-state index contributed by atoms with van der Waals surface area (Å²) in [6.45, 7) is 1.66. The number of ketones is 1. The van der Waals surface area contributed by atoms with Crippen molar-refractivity contribution < 1.29 is 14.3 Å². The summed E-state index contributed by atoms with van der Waals surface area (Å²) in [5, 5.41) is 2.95. The summed E-state index contributed by atoms with van der Waals surface area (Å²) in [6, 6.07) is 17.3. The zero-order chi connectivity index (χ0) is 19.1. The fourth-order valence-electron chi connectivity index (χ4n) is 3.40. The van der Waals surface area contributed by atoms with Crippen molar-refractivity contribution in [2.75, 3.05) is 20.2 Å². The van der Waals surface area contributed by atoms with Gasteiger partial charge in [-0.3, -0.25) is 4.79 Å². The molecule has 1 heterocycles. The van der Waals surface area contributed by atoms with E-state index in [-0.39, 0.29) is 17.7 Å². The largest absolute Gasteiger partial charge is 0.497 e. The maximum atomic E-state index is 12.6. The first-order valence-electron chi connectivity index (χ1n) is 9.38. The molecular formula is C22H26N2O3. The summed E-state index contributed by atoms with van der Waals surface area (Å²) >= 11 is 0. The first-order valence-corrected chi connectivity index (χ1v) is 9.38. The second kappa shape index (κ2) is 9.21. The smallest absolute Gasteiger partial charge is 0.317 e. The average Bonchev–Trinajstić information content (AvgIpc) is 2.73. The summed E-state index contributed by atoms with van der Waals surface area (Å²) in [5.41, 5.74) is 2.04. The second-order valence-corrected chi connectivity index (χ2v) is 6.92. The molecule has 2 amide bonds. The van der Waals surface area contributed by atoms with Gasteiger partial charge < -0.3 is 15.0 Å². The van der Waals surface area contributed by atoms with Gasteiger partial charge in [0.1, 0.15) is 11.5 Å². The molecule has 27 heavy (non-hydrogen) atoms. The summed E-state index contributed by atoms with van der Waals surface area (Å²) in [4.78, 5) is 26.9. The lowest BCUT2D eigenvalue weighted by molar-refractivity contribution is -0.123. The number of Topliss-reactive ketones (excluding diaryl/α,β-unsaturated/α-hetero) is 1. The lowest BCUT2D eigenvalue weighted by Gasteiger charge is -2.32. The molecule has 1 saturated heterocycles. The van der Waals surface area contributed by atoms with Crippen molar-refractivity contribution in [3.8, 4) is 5.75 Å². The van der Waals surface area contributed by atoms with Gasteiger partial charge in [0.2, 0.25) is 0 Å². The number of amides is 2. The van der Waals surface area contributed by atoms with Gasteiger partial charge in [-0.25, -0.2) is 4.79 Å². The van der Waals surface area contributed by atoms with Gasteiger partial charge in [-0.15, -0.1) is 0 Å². The molecule has 2 aromatic rings. The van der Waals surface area contributed by atoms with Gasteiger partial charge in [-0.1, -0.05) is 42.5 Å². The van der Waals surface area contributed by atoms with Crippen LogP contribution < -0.4 is 10.1 Å². The number of piperidine rings is 1. The van der Waals surface area contributed by atoms with E-state index in [2.05, 4.69) is 5.32 Å². The highest BCUT2D eigenvalue weighted by Crippen LogP contribution is 2.19. The Morgan fingerprint density at radius 3 is 2.52 bits per heavy atom. The molecule has 1 fully saturated rings. The SMILES string of the molecule is COc1ccc(CNC(=O)N2CCCC(C(=O)Cc3ccccc3)C2)cc1. The standard InChI is InChI=1S/C22H26N2O3/c1-27-20-11-9-18(10-12-20)15-23-22(26)24-13-5-8-19(16-24)21(25)14-17-6-3-2-4-7-17/h2-4,6-7,9-12,19H,5,8,13-16H2,1H3,(H,23,26). The van der Waals surface area contributed by atoms with E-state index in [1.165, 1.54) is 0 Å². The highest BCUT2D eigenvalue weighted by molar-refractivity contribution is 5.84. The Bertz CT molecular complexity index is 759. The van der Waals surface area contributed by atoms with E-state index in [4.69, 9.17) is 4.74 Å². The fraction of sp³-hybridized carbons (Fsp3) is 0.364. The first kappa shape index (κ1) is 19.0. The third kappa shape index (κ3) is 5.33. The molecule has 5 heteroatoms. The summed E-state index contributed by atoms with van der Waals surface area (Å²) < 4.78 is 5.14. The third-order valence-electron chi connectivity index (χ3n) is 4.99. The van der Waals surface area contributed by atoms with E-state index in [1.54, 1.807) is 12.0 Å². The first-order chi connectivity index (χ1) is 13.2. The summed E-state index contributed by atoms with van der Waals surface area (Å²) in [5.74, 6) is 0.931. The molecule has 5 nitrogen and oxygen atoms in total. The number of nitrogens with one attached hydrogen (secondary N) is 1. The molecule has 1 atom stereocenters. The van der Waals surface area contributed by atoms with Gasteiger partial charge in [-0.2, -0.15) is 0 Å². The van der Waals surface area contributed by atoms with E-state index < -0.39 is 0 Å². The minimum Gasteiger partial charge on any atom is -0.497 e. The Kier molecular flexibility index (Phi) is 6.47. The van der Waals surface area contributed by atoms with E-state index in [0.29, 0.717) is 26.1 Å². The average molecular weight is 366 g/mol. The van der Waals surface area contributed by atoms with Crippen LogP contribution in [0.1, 0.15) is 24.0 Å². The molecule has 0 aromatic heterocycles. The predicted octanol–water partition coefficient (Wildman–Crippen LogP) is 3.43. The highest BCUT2D eigenvalue weighted by atomic mass is 16.5. The number of rotatable bonds is 6. The van der Waals surface area contributed by atoms with Crippen LogP contribution in [0.3, 0.4) is 0 Å². The van der Waals surface area contributed by atoms with Crippen molar-refractivity contribution in [1.82, 2.24) is 10.2 Å². The van der Waals surface area contributed by atoms with E-state index in [1.807, 2.05) is 54.6 Å². The quantitative estimate of drug-likeness (QED) is 0.852. The molecule has 142 valence electrons. The zero-order valence-electron chi connectivity index (χ0n) is 15.7. The third-order valence-corrected chi connectivity index (χ3v) is 4.99. The summed E-state index contributed by atoms with van der Waals surface area (Å²) in [6.07, 6.45) is 2.15. The lowest BCUT2D eigenvalue weighted by Crippen LogP contribution is -2.47. The minimum absolute atomic E-state index is 0.0781. The molecule has 0 spiro atoms. The maximum Gasteiger partial charge on any atom is 0.317 e. The molecule has 1 N–H and O–H groups in total. The number of likely N-dealkylation sites (tertiary alicyclic amines) is 1. The number of hydrogen-bond acceptors (Lipinski definition) is 3. The molecule has 1 aliphatic heterocycles. The normalized spacial score (nSPS) is 16.6. The molecular weight excluding hydrogens is 340 g/mol. The number of nitrogens with zero attached hydrogens (tertiary/aromatic N) is 1. The number of hydrogen-bond donors (Lipinski definition) is 1. The van der Waals surface area contributed by atoms with Crippen molar-refractivity contribution in [1.29, 1.82) is 0 Å². The van der Waals surface area contributed by atoms with Crippen LogP contribution in [0.25, 0.3) is 0 Å². The van der Waals surface area contributed by atoms with Crippen LogP contribution in [0.4, 0.5) is 4.79 Å². The van der Waals surface area contributed by atoms with Crippen molar-refractivity contribution in [2.45, 2.75) is 25.8 Å². The van der Waals surface area contributed by atoms with Crippen LogP contribution in [-0.4, -0.2) is 36.9 Å². The zero-order valence-corrected chi connectivity index (χ0v) is 15.7. The van der Waals surface area contributed by atoms with Crippen molar-refractivity contribution in [3.63, 3.8) is 0 Å². The molecule has 0 aliphatic carbocycles. The van der Waals surface area contributed by atoms with Crippen molar-refractivity contribution >= 4 is 11.8 Å². The Balaban J connectivity index is 1.50. The monoisotopic (exact) mass is 366 g/mol. The van der Waals surface area contributed by atoms with Crippen LogP contribution in [0.5, 0.6) is 5.75 Å². The van der Waals surface area contributed by atoms with Gasteiger partial charge >= 0.3 is 6.03 Å². The van der Waals surface area contributed by atoms with E-state index in [0.717, 1.165) is 29.7 Å². The predicted molar refractivity (Wildman–Crippen MR) is 105 cm³/mol. The van der Waals surface area contributed by atoms with E-state index >= 15 is 0 Å². The van der Waals surface area contributed by atoms with Crippen LogP contribution in [0, 0.1) is 5.92 Å². The number of urea groups is 1. The van der Waals surface area contributed by atoms with Gasteiger partial charge in [0, 0.05) is 32.0 Å². The molecule has 0 radical (unpaired) electrons. The molecule has 1 aliphatic rings. The molecule has 0 saturated carbocycles. The lowest BCUT2D eigenvalue weighted by atomic mass is 9.90. The minimum atomic E-state index is -0.108. The van der Waals surface area contributed by atoms with Gasteiger partial charge in [0.15, 0.2) is 0 Å². The van der Waals surface area contributed by atoms with Gasteiger partial charge in [-0.05, 0) is 36.1 Å². The van der Waals surface area contributed by atoms with Crippen molar-refractivity contribution in [3.05, 3.63) is 65.7 Å². The second-order valence-electron chi connectivity index (χ2n) is 6.92. The topological polar surface area (TPSA) is 58.6 Å². The molecule has 3 rings (SSSR count). The fourth-order valence-corrected chi connectivity index (χ4v) is 3.40. The van der Waals surface area contributed by atoms with Crippen LogP contribution in [0.15, 0.2) is 54.6 Å².